The van der Waals surface area contributed by atoms with E-state index >= 15 is 0 Å². The van der Waals surface area contributed by atoms with Crippen LogP contribution in [0.3, 0.4) is 0 Å². The highest BCUT2D eigenvalue weighted by Gasteiger charge is 2.65. The van der Waals surface area contributed by atoms with E-state index in [2.05, 4.69) is 75.3 Å². The Morgan fingerprint density at radius 3 is 2.29 bits per heavy atom. The smallest absolute Gasteiger partial charge is 0.161 e. The fourth-order valence-electron chi connectivity index (χ4n) is 11.8. The minimum Gasteiger partial charge on any atom is -0.394 e. The molecule has 1 heterocycles. The van der Waals surface area contributed by atoms with Crippen LogP contribution >= 0.6 is 0 Å². The Balaban J connectivity index is 1.27. The van der Waals surface area contributed by atoms with Crippen molar-refractivity contribution in [2.45, 2.75) is 158 Å². The summed E-state index contributed by atoms with van der Waals surface area (Å²) in [4.78, 5) is 0. The molecule has 242 valence electrons. The highest BCUT2D eigenvalue weighted by molar-refractivity contribution is 5.27. The summed E-state index contributed by atoms with van der Waals surface area (Å²) in [5.74, 6) is 6.29. The maximum Gasteiger partial charge on any atom is 0.161 e. The second-order valence-corrected chi connectivity index (χ2v) is 17.4. The average Bonchev–Trinajstić information content (AvgIpc) is 3.24. The molecular weight excluding hydrogens is 516 g/mol. The van der Waals surface area contributed by atoms with Gasteiger partial charge in [-0.25, -0.2) is 0 Å². The Hall–Kier alpha value is -0.380. The topological polar surface area (TPSA) is 38.7 Å². The number of ether oxygens (including phenoxy) is 2. The number of rotatable bonds is 9. The first-order valence-electron chi connectivity index (χ1n) is 18.4. The third-order valence-corrected chi connectivity index (χ3v) is 15.6. The van der Waals surface area contributed by atoms with Crippen LogP contribution in [-0.4, -0.2) is 30.2 Å². The molecule has 3 heteroatoms. The molecular formula is C39H68O3. The standard InChI is InChI=1S/C39H68O3/c1-11-29(24(2)3)13-12-25(4)32-17-20-39(10)34-15-14-30-22-31(16-19-37(30,8)33(34)18-21-38(32,39)9)41-36-28(7)26(5)27(6)35(23-40)42-36/h14,24-29,31-36,40H,11-13,15-23H2,1-10H3. The van der Waals surface area contributed by atoms with Crippen molar-refractivity contribution in [1.82, 2.24) is 0 Å². The summed E-state index contributed by atoms with van der Waals surface area (Å²) in [6.45, 7) is 24.8. The Bertz CT molecular complexity index is 955. The van der Waals surface area contributed by atoms with E-state index in [9.17, 15) is 5.11 Å². The van der Waals surface area contributed by atoms with Crippen molar-refractivity contribution in [2.75, 3.05) is 6.61 Å². The molecule has 0 bridgehead atoms. The molecule has 5 rings (SSSR count). The summed E-state index contributed by atoms with van der Waals surface area (Å²) in [6.07, 6.45) is 17.3. The lowest BCUT2D eigenvalue weighted by atomic mass is 9.42. The van der Waals surface area contributed by atoms with E-state index in [1.165, 1.54) is 57.8 Å². The number of aliphatic hydroxyl groups is 1. The Labute approximate surface area is 260 Å². The first-order chi connectivity index (χ1) is 19.8. The highest BCUT2D eigenvalue weighted by atomic mass is 16.7. The quantitative estimate of drug-likeness (QED) is 0.274. The van der Waals surface area contributed by atoms with Crippen molar-refractivity contribution in [2.24, 2.45) is 69.5 Å². The second-order valence-electron chi connectivity index (χ2n) is 17.4. The molecule has 14 atom stereocenters. The normalized spacial score (nSPS) is 48.7. The molecule has 4 aliphatic carbocycles. The van der Waals surface area contributed by atoms with Crippen LogP contribution in [0.5, 0.6) is 0 Å². The Morgan fingerprint density at radius 1 is 0.905 bits per heavy atom. The van der Waals surface area contributed by atoms with Crippen molar-refractivity contribution in [3.05, 3.63) is 11.6 Å². The van der Waals surface area contributed by atoms with Crippen molar-refractivity contribution < 1.29 is 14.6 Å². The molecule has 0 aromatic rings. The van der Waals surface area contributed by atoms with Gasteiger partial charge in [-0.15, -0.1) is 0 Å². The maximum absolute atomic E-state index is 9.93. The summed E-state index contributed by atoms with van der Waals surface area (Å²) in [5.41, 5.74) is 2.97. The summed E-state index contributed by atoms with van der Waals surface area (Å²) in [6, 6.07) is 0. The van der Waals surface area contributed by atoms with E-state index in [0.717, 1.165) is 48.3 Å². The van der Waals surface area contributed by atoms with Gasteiger partial charge >= 0.3 is 0 Å². The van der Waals surface area contributed by atoms with Gasteiger partial charge in [-0.05, 0) is 121 Å². The largest absolute Gasteiger partial charge is 0.394 e. The lowest BCUT2D eigenvalue weighted by Gasteiger charge is -2.63. The summed E-state index contributed by atoms with van der Waals surface area (Å²) < 4.78 is 13.1. The van der Waals surface area contributed by atoms with E-state index < -0.39 is 0 Å². The van der Waals surface area contributed by atoms with Gasteiger partial charge in [-0.2, -0.15) is 0 Å². The summed E-state index contributed by atoms with van der Waals surface area (Å²) in [5, 5.41) is 9.93. The van der Waals surface area contributed by atoms with Gasteiger partial charge in [0.25, 0.3) is 0 Å². The number of aliphatic hydroxyl groups excluding tert-OH is 1. The number of hydrogen-bond donors (Lipinski definition) is 1. The first kappa shape index (κ1) is 33.0. The molecule has 3 saturated carbocycles. The maximum atomic E-state index is 9.93. The van der Waals surface area contributed by atoms with E-state index in [-0.39, 0.29) is 25.1 Å². The lowest BCUT2D eigenvalue weighted by molar-refractivity contribution is -0.272. The van der Waals surface area contributed by atoms with Gasteiger partial charge in [0, 0.05) is 5.92 Å². The van der Waals surface area contributed by atoms with Gasteiger partial charge in [0.15, 0.2) is 6.29 Å². The number of allylic oxidation sites excluding steroid dienone is 1. The van der Waals surface area contributed by atoms with Gasteiger partial charge in [0.1, 0.15) is 0 Å². The second kappa shape index (κ2) is 12.4. The van der Waals surface area contributed by atoms with Crippen LogP contribution in [0.15, 0.2) is 11.6 Å². The third-order valence-electron chi connectivity index (χ3n) is 15.6. The average molecular weight is 585 g/mol. The van der Waals surface area contributed by atoms with E-state index in [0.29, 0.717) is 34.0 Å². The molecule has 42 heavy (non-hydrogen) atoms. The molecule has 3 nitrogen and oxygen atoms in total. The fraction of sp³-hybridized carbons (Fsp3) is 0.949. The minimum absolute atomic E-state index is 0.0869. The lowest BCUT2D eigenvalue weighted by Crippen LogP contribution is -2.56. The van der Waals surface area contributed by atoms with Crippen LogP contribution in [-0.2, 0) is 9.47 Å². The summed E-state index contributed by atoms with van der Waals surface area (Å²) in [7, 11) is 0. The van der Waals surface area contributed by atoms with Crippen molar-refractivity contribution in [3.63, 3.8) is 0 Å². The molecule has 4 fully saturated rings. The van der Waals surface area contributed by atoms with Crippen LogP contribution in [0.2, 0.25) is 0 Å². The SMILES string of the molecule is CCC(CCC(C)C1CCC2(C)C3CC=C4CC(OC5OC(CO)C(C)C(C)C5C)CCC4(C)C3CCC12C)C(C)C. The van der Waals surface area contributed by atoms with Crippen molar-refractivity contribution >= 4 is 0 Å². The molecule has 5 aliphatic rings. The molecule has 1 N–H and O–H groups in total. The zero-order valence-electron chi connectivity index (χ0n) is 29.3. The van der Waals surface area contributed by atoms with Crippen molar-refractivity contribution in [1.29, 1.82) is 0 Å². The zero-order valence-corrected chi connectivity index (χ0v) is 29.3. The third kappa shape index (κ3) is 5.40. The predicted octanol–water partition coefficient (Wildman–Crippen LogP) is 10.1. The van der Waals surface area contributed by atoms with Crippen LogP contribution < -0.4 is 0 Å². The van der Waals surface area contributed by atoms with Gasteiger partial charge in [-0.3, -0.25) is 0 Å². The Morgan fingerprint density at radius 2 is 1.62 bits per heavy atom. The van der Waals surface area contributed by atoms with Crippen LogP contribution in [0.1, 0.15) is 140 Å². The molecule has 14 unspecified atom stereocenters. The molecule has 1 saturated heterocycles. The molecule has 0 aromatic carbocycles. The van der Waals surface area contributed by atoms with E-state index in [4.69, 9.17) is 9.47 Å². The minimum atomic E-state index is -0.195. The number of fused-ring (bicyclic) bond motifs is 5. The summed E-state index contributed by atoms with van der Waals surface area (Å²) >= 11 is 0. The van der Waals surface area contributed by atoms with Gasteiger partial charge < -0.3 is 14.6 Å². The monoisotopic (exact) mass is 585 g/mol. The zero-order chi connectivity index (χ0) is 30.6. The van der Waals surface area contributed by atoms with E-state index in [1.54, 1.807) is 5.57 Å². The van der Waals surface area contributed by atoms with Gasteiger partial charge in [0.2, 0.25) is 0 Å². The molecule has 0 spiro atoms. The van der Waals surface area contributed by atoms with Gasteiger partial charge in [-0.1, -0.05) is 93.7 Å². The van der Waals surface area contributed by atoms with Crippen LogP contribution in [0.25, 0.3) is 0 Å². The number of hydrogen-bond acceptors (Lipinski definition) is 3. The Kier molecular flexibility index (Phi) is 9.77. The fourth-order valence-corrected chi connectivity index (χ4v) is 11.8. The molecule has 0 aromatic heterocycles. The molecule has 0 radical (unpaired) electrons. The van der Waals surface area contributed by atoms with E-state index in [1.807, 2.05) is 0 Å². The van der Waals surface area contributed by atoms with Crippen molar-refractivity contribution in [3.8, 4) is 0 Å². The van der Waals surface area contributed by atoms with Crippen LogP contribution in [0.4, 0.5) is 0 Å². The molecule has 1 aliphatic heterocycles. The molecule has 0 amide bonds. The first-order valence-corrected chi connectivity index (χ1v) is 18.4. The van der Waals surface area contributed by atoms with Crippen LogP contribution in [0, 0.1) is 69.5 Å². The predicted molar refractivity (Wildman–Crippen MR) is 175 cm³/mol. The highest BCUT2D eigenvalue weighted by Crippen LogP contribution is 2.72. The van der Waals surface area contributed by atoms with Gasteiger partial charge in [0.05, 0.1) is 18.8 Å².